The van der Waals surface area contributed by atoms with Crippen LogP contribution < -0.4 is 0 Å². The SMILES string of the molecule is C=[N+](O)O. The summed E-state index contributed by atoms with van der Waals surface area (Å²) in [5.41, 5.74) is 0. The molecule has 0 aromatic rings. The van der Waals surface area contributed by atoms with Crippen LogP contribution in [0, 0.1) is 0 Å². The van der Waals surface area contributed by atoms with Gasteiger partial charge in [-0.05, 0) is 0 Å². The molecule has 24 valence electrons. The van der Waals surface area contributed by atoms with Crippen LogP contribution in [0.4, 0.5) is 0 Å². The van der Waals surface area contributed by atoms with Gasteiger partial charge in [0.1, 0.15) is 0 Å². The second-order valence-corrected chi connectivity index (χ2v) is 0.372. The molecule has 0 atom stereocenters. The van der Waals surface area contributed by atoms with Crippen molar-refractivity contribution < 1.29 is 15.3 Å². The fraction of sp³-hybridized carbons (Fsp3) is 0. The van der Waals surface area contributed by atoms with Crippen molar-refractivity contribution in [1.82, 2.24) is 0 Å². The minimum absolute atomic E-state index is 0.250. The minimum Gasteiger partial charge on any atom is -0.245 e. The van der Waals surface area contributed by atoms with Gasteiger partial charge >= 0.3 is 0 Å². The summed E-state index contributed by atoms with van der Waals surface area (Å²) in [7, 11) is 0. The van der Waals surface area contributed by atoms with E-state index < -0.39 is 0 Å². The molecule has 0 aromatic carbocycles. The first kappa shape index (κ1) is 3.27. The second-order valence-electron chi connectivity index (χ2n) is 0.372. The molecule has 0 spiro atoms. The maximum absolute atomic E-state index is 7.33. The Hall–Kier alpha value is -0.730. The molecule has 0 amide bonds. The first-order valence-electron chi connectivity index (χ1n) is 0.716. The van der Waals surface area contributed by atoms with Gasteiger partial charge in [-0.1, -0.05) is 0 Å². The van der Waals surface area contributed by atoms with E-state index >= 15 is 0 Å². The summed E-state index contributed by atoms with van der Waals surface area (Å²) in [6, 6.07) is 0. The standard InChI is InChI=1S/CH4NO2/c1-2(3)4/h3-4H,1H2/q+1. The van der Waals surface area contributed by atoms with E-state index in [1.165, 1.54) is 0 Å². The zero-order valence-corrected chi connectivity index (χ0v) is 2.05. The summed E-state index contributed by atoms with van der Waals surface area (Å²) in [6.45, 7) is 2.58. The Kier molecular flexibility index (Phi) is 0.581. The van der Waals surface area contributed by atoms with Crippen LogP contribution in [0.25, 0.3) is 0 Å². The maximum atomic E-state index is 7.33. The summed E-state index contributed by atoms with van der Waals surface area (Å²) in [5, 5.41) is 14.7. The van der Waals surface area contributed by atoms with Crippen LogP contribution in [0.5, 0.6) is 0 Å². The molecule has 3 heteroatoms. The highest BCUT2D eigenvalue weighted by Crippen LogP contribution is 1.27. The van der Waals surface area contributed by atoms with E-state index in [2.05, 4.69) is 6.72 Å². The van der Waals surface area contributed by atoms with Gasteiger partial charge in [-0.15, -0.1) is 0 Å². The van der Waals surface area contributed by atoms with Gasteiger partial charge in [0.15, 0.2) is 4.90 Å². The van der Waals surface area contributed by atoms with Crippen LogP contribution in [0.15, 0.2) is 0 Å². The monoisotopic (exact) mass is 62.0 g/mol. The van der Waals surface area contributed by atoms with Crippen LogP contribution in [0.2, 0.25) is 0 Å². The fourth-order valence-corrected chi connectivity index (χ4v) is 0. The van der Waals surface area contributed by atoms with Crippen molar-refractivity contribution in [3.8, 4) is 0 Å². The zero-order chi connectivity index (χ0) is 3.58. The van der Waals surface area contributed by atoms with Crippen molar-refractivity contribution in [3.63, 3.8) is 0 Å². The Balaban J connectivity index is 2.80. The van der Waals surface area contributed by atoms with Crippen LogP contribution in [0.3, 0.4) is 0 Å². The third-order valence-corrected chi connectivity index (χ3v) is 0. The van der Waals surface area contributed by atoms with Gasteiger partial charge in [-0.2, -0.15) is 0 Å². The Morgan fingerprint density at radius 2 is 1.50 bits per heavy atom. The number of nitrogens with zero attached hydrogens (tertiary/aromatic N) is 1. The van der Waals surface area contributed by atoms with E-state index in [0.29, 0.717) is 0 Å². The molecule has 0 saturated carbocycles. The summed E-state index contributed by atoms with van der Waals surface area (Å²) < 4.78 is 0. The van der Waals surface area contributed by atoms with Gasteiger partial charge in [-0.25, -0.2) is 10.4 Å². The van der Waals surface area contributed by atoms with Crippen LogP contribution >= 0.6 is 0 Å². The van der Waals surface area contributed by atoms with E-state index in [0.717, 1.165) is 0 Å². The molecular weight excluding hydrogens is 58.0 g/mol. The predicted octanol–water partition coefficient (Wildman–Crippen LogP) is -0.522. The second kappa shape index (κ2) is 0.711. The van der Waals surface area contributed by atoms with Crippen molar-refractivity contribution in [3.05, 3.63) is 0 Å². The zero-order valence-electron chi connectivity index (χ0n) is 2.05. The van der Waals surface area contributed by atoms with Crippen LogP contribution in [0.1, 0.15) is 0 Å². The average molecular weight is 62.0 g/mol. The summed E-state index contributed by atoms with van der Waals surface area (Å²) in [4.78, 5) is -0.250. The lowest BCUT2D eigenvalue weighted by atomic mass is 11.7. The molecule has 0 heterocycles. The average Bonchev–Trinajstić information content (AvgIpc) is 0.811. The van der Waals surface area contributed by atoms with Crippen molar-refractivity contribution in [2.24, 2.45) is 0 Å². The lowest BCUT2D eigenvalue weighted by molar-refractivity contribution is -0.950. The molecular formula is CH4NO2+. The van der Waals surface area contributed by atoms with Crippen molar-refractivity contribution in [2.45, 2.75) is 0 Å². The quantitative estimate of drug-likeness (QED) is 0.225. The Labute approximate surface area is 23.3 Å². The Morgan fingerprint density at radius 1 is 1.50 bits per heavy atom. The molecule has 0 bridgehead atoms. The molecule has 0 fully saturated rings. The fourth-order valence-electron chi connectivity index (χ4n) is 0. The van der Waals surface area contributed by atoms with Crippen molar-refractivity contribution >= 4 is 6.72 Å². The molecule has 0 aliphatic heterocycles. The van der Waals surface area contributed by atoms with Crippen molar-refractivity contribution in [1.29, 1.82) is 0 Å². The molecule has 0 radical (unpaired) electrons. The van der Waals surface area contributed by atoms with E-state index in [4.69, 9.17) is 10.4 Å². The van der Waals surface area contributed by atoms with Gasteiger partial charge in [0.05, 0.1) is 0 Å². The molecule has 0 rings (SSSR count). The number of hydrogen-bond donors (Lipinski definition) is 2. The highest BCUT2D eigenvalue weighted by Gasteiger charge is 1.62. The number of hydrogen-bond acceptors (Lipinski definition) is 2. The highest BCUT2D eigenvalue weighted by atomic mass is 16.8. The molecule has 0 saturated heterocycles. The maximum Gasteiger partial charge on any atom is 0.241 e. The van der Waals surface area contributed by atoms with Crippen LogP contribution in [-0.4, -0.2) is 22.0 Å². The van der Waals surface area contributed by atoms with Gasteiger partial charge in [0, 0.05) is 0 Å². The van der Waals surface area contributed by atoms with Gasteiger partial charge in [-0.3, -0.25) is 0 Å². The summed E-state index contributed by atoms with van der Waals surface area (Å²) >= 11 is 0. The van der Waals surface area contributed by atoms with Crippen LogP contribution in [-0.2, 0) is 0 Å². The first-order valence-corrected chi connectivity index (χ1v) is 0.716. The third-order valence-electron chi connectivity index (χ3n) is 0. The third kappa shape index (κ3) is 0.174. The number of rotatable bonds is 0. The lowest BCUT2D eigenvalue weighted by Crippen LogP contribution is -1.89. The summed E-state index contributed by atoms with van der Waals surface area (Å²) in [5.74, 6) is 0. The molecule has 3 nitrogen and oxygen atoms in total. The normalized spacial score (nSPS) is 6.00. The smallest absolute Gasteiger partial charge is 0.241 e. The Bertz CT molecular complexity index is 29.0. The molecule has 0 aliphatic carbocycles. The van der Waals surface area contributed by atoms with E-state index in [-0.39, 0.29) is 4.90 Å². The molecule has 2 N–H and O–H groups in total. The van der Waals surface area contributed by atoms with Gasteiger partial charge in [0.2, 0.25) is 6.72 Å². The molecule has 0 aromatic heterocycles. The molecule has 0 aliphatic rings. The topological polar surface area (TPSA) is 43.5 Å². The van der Waals surface area contributed by atoms with Gasteiger partial charge < -0.3 is 0 Å². The molecule has 4 heavy (non-hydrogen) atoms. The first-order chi connectivity index (χ1) is 1.73. The predicted molar refractivity (Wildman–Crippen MR) is 11.0 cm³/mol. The van der Waals surface area contributed by atoms with Gasteiger partial charge in [0.25, 0.3) is 0 Å². The van der Waals surface area contributed by atoms with E-state index in [1.54, 1.807) is 0 Å². The van der Waals surface area contributed by atoms with E-state index in [1.807, 2.05) is 0 Å². The minimum atomic E-state index is -0.250. The lowest BCUT2D eigenvalue weighted by Gasteiger charge is -1.58. The Morgan fingerprint density at radius 3 is 1.50 bits per heavy atom. The largest absolute Gasteiger partial charge is 0.245 e. The van der Waals surface area contributed by atoms with E-state index in [9.17, 15) is 0 Å². The summed E-state index contributed by atoms with van der Waals surface area (Å²) in [6.07, 6.45) is 0. The highest BCUT2D eigenvalue weighted by molar-refractivity contribution is 5.12. The molecule has 0 unspecified atom stereocenters. The van der Waals surface area contributed by atoms with Crippen molar-refractivity contribution in [2.75, 3.05) is 0 Å².